The number of ether oxygens (including phenoxy) is 1. The SMILES string of the molecule is CCCNC(=O)C(C)NC(C)Cc1ccccc1OC. The van der Waals surface area contributed by atoms with Crippen molar-refractivity contribution in [1.29, 1.82) is 0 Å². The minimum Gasteiger partial charge on any atom is -0.496 e. The van der Waals surface area contributed by atoms with Crippen molar-refractivity contribution in [3.05, 3.63) is 29.8 Å². The minimum atomic E-state index is -0.189. The van der Waals surface area contributed by atoms with E-state index in [9.17, 15) is 4.79 Å². The molecule has 0 fully saturated rings. The van der Waals surface area contributed by atoms with Crippen LogP contribution in [0.25, 0.3) is 0 Å². The summed E-state index contributed by atoms with van der Waals surface area (Å²) in [6, 6.07) is 7.99. The Kier molecular flexibility index (Phi) is 7.09. The molecule has 1 aromatic carbocycles. The zero-order valence-electron chi connectivity index (χ0n) is 12.9. The minimum absolute atomic E-state index is 0.0544. The van der Waals surface area contributed by atoms with Crippen molar-refractivity contribution in [1.82, 2.24) is 10.6 Å². The molecule has 1 aromatic rings. The maximum Gasteiger partial charge on any atom is 0.236 e. The normalized spacial score (nSPS) is 13.6. The summed E-state index contributed by atoms with van der Waals surface area (Å²) in [7, 11) is 1.68. The topological polar surface area (TPSA) is 50.4 Å². The van der Waals surface area contributed by atoms with E-state index in [0.29, 0.717) is 0 Å². The number of hydrogen-bond donors (Lipinski definition) is 2. The predicted molar refractivity (Wildman–Crippen MR) is 82.1 cm³/mol. The van der Waals surface area contributed by atoms with Crippen molar-refractivity contribution in [3.63, 3.8) is 0 Å². The molecule has 0 saturated heterocycles. The molecule has 4 nitrogen and oxygen atoms in total. The number of carbonyl (C=O) groups is 1. The number of benzene rings is 1. The van der Waals surface area contributed by atoms with E-state index in [2.05, 4.69) is 23.6 Å². The first-order valence-electron chi connectivity index (χ1n) is 7.24. The number of nitrogens with one attached hydrogen (secondary N) is 2. The first-order chi connectivity index (χ1) is 9.58. The number of hydrogen-bond acceptors (Lipinski definition) is 3. The number of methoxy groups -OCH3 is 1. The quantitative estimate of drug-likeness (QED) is 0.766. The van der Waals surface area contributed by atoms with E-state index >= 15 is 0 Å². The first kappa shape index (κ1) is 16.5. The Morgan fingerprint density at radius 1 is 1.30 bits per heavy atom. The second-order valence-electron chi connectivity index (χ2n) is 5.10. The highest BCUT2D eigenvalue weighted by Gasteiger charge is 2.15. The summed E-state index contributed by atoms with van der Waals surface area (Å²) < 4.78 is 5.34. The molecule has 0 aliphatic carbocycles. The lowest BCUT2D eigenvalue weighted by Gasteiger charge is -2.20. The van der Waals surface area contributed by atoms with E-state index in [4.69, 9.17) is 4.74 Å². The van der Waals surface area contributed by atoms with Crippen molar-refractivity contribution in [2.45, 2.75) is 45.7 Å². The summed E-state index contributed by atoms with van der Waals surface area (Å²) in [5.41, 5.74) is 1.15. The van der Waals surface area contributed by atoms with Crippen LogP contribution in [0.5, 0.6) is 5.75 Å². The summed E-state index contributed by atoms with van der Waals surface area (Å²) in [5.74, 6) is 0.947. The van der Waals surface area contributed by atoms with Gasteiger partial charge in [0.05, 0.1) is 13.2 Å². The lowest BCUT2D eigenvalue weighted by atomic mass is 10.1. The molecule has 0 radical (unpaired) electrons. The maximum atomic E-state index is 11.8. The van der Waals surface area contributed by atoms with Crippen molar-refractivity contribution in [3.8, 4) is 5.75 Å². The van der Waals surface area contributed by atoms with E-state index in [1.54, 1.807) is 7.11 Å². The summed E-state index contributed by atoms with van der Waals surface area (Å²) in [6.45, 7) is 6.74. The highest BCUT2D eigenvalue weighted by Crippen LogP contribution is 2.18. The molecule has 0 aromatic heterocycles. The summed E-state index contributed by atoms with van der Waals surface area (Å²) >= 11 is 0. The molecular formula is C16H26N2O2. The molecule has 0 aliphatic heterocycles. The molecule has 0 spiro atoms. The highest BCUT2D eigenvalue weighted by molar-refractivity contribution is 5.81. The third-order valence-corrected chi connectivity index (χ3v) is 3.20. The highest BCUT2D eigenvalue weighted by atomic mass is 16.5. The Labute approximate surface area is 121 Å². The van der Waals surface area contributed by atoms with E-state index < -0.39 is 0 Å². The van der Waals surface area contributed by atoms with Gasteiger partial charge in [0.25, 0.3) is 0 Å². The van der Waals surface area contributed by atoms with Crippen molar-refractivity contribution in [2.24, 2.45) is 0 Å². The van der Waals surface area contributed by atoms with E-state index in [1.165, 1.54) is 0 Å². The van der Waals surface area contributed by atoms with Crippen LogP contribution in [0.2, 0.25) is 0 Å². The van der Waals surface area contributed by atoms with Gasteiger partial charge in [0.2, 0.25) is 5.91 Å². The fourth-order valence-electron chi connectivity index (χ4n) is 2.16. The molecule has 2 atom stereocenters. The lowest BCUT2D eigenvalue weighted by molar-refractivity contribution is -0.122. The van der Waals surface area contributed by atoms with E-state index in [-0.39, 0.29) is 18.0 Å². The van der Waals surface area contributed by atoms with Gasteiger partial charge in [-0.1, -0.05) is 25.1 Å². The average Bonchev–Trinajstić information content (AvgIpc) is 2.45. The van der Waals surface area contributed by atoms with Crippen LogP contribution in [0.4, 0.5) is 0 Å². The third kappa shape index (κ3) is 5.21. The molecule has 0 heterocycles. The van der Waals surface area contributed by atoms with Crippen LogP contribution in [0, 0.1) is 0 Å². The zero-order chi connectivity index (χ0) is 15.0. The molecule has 2 unspecified atom stereocenters. The Morgan fingerprint density at radius 3 is 2.65 bits per heavy atom. The van der Waals surface area contributed by atoms with Gasteiger partial charge in [-0.25, -0.2) is 0 Å². The summed E-state index contributed by atoms with van der Waals surface area (Å²) in [5, 5.41) is 6.22. The van der Waals surface area contributed by atoms with Gasteiger partial charge in [-0.3, -0.25) is 4.79 Å². The number of carbonyl (C=O) groups excluding carboxylic acids is 1. The largest absolute Gasteiger partial charge is 0.496 e. The Morgan fingerprint density at radius 2 is 2.00 bits per heavy atom. The van der Waals surface area contributed by atoms with Crippen LogP contribution in [0.1, 0.15) is 32.8 Å². The Balaban J connectivity index is 2.50. The predicted octanol–water partition coefficient (Wildman–Crippen LogP) is 2.13. The van der Waals surface area contributed by atoms with Gasteiger partial charge in [-0.2, -0.15) is 0 Å². The van der Waals surface area contributed by atoms with Gasteiger partial charge >= 0.3 is 0 Å². The van der Waals surface area contributed by atoms with Gasteiger partial charge in [0, 0.05) is 12.6 Å². The lowest BCUT2D eigenvalue weighted by Crippen LogP contribution is -2.46. The van der Waals surface area contributed by atoms with Crippen LogP contribution >= 0.6 is 0 Å². The molecule has 1 amide bonds. The second kappa shape index (κ2) is 8.59. The zero-order valence-corrected chi connectivity index (χ0v) is 12.9. The monoisotopic (exact) mass is 278 g/mol. The van der Waals surface area contributed by atoms with Crippen LogP contribution in [-0.2, 0) is 11.2 Å². The van der Waals surface area contributed by atoms with Gasteiger partial charge in [-0.05, 0) is 38.3 Å². The smallest absolute Gasteiger partial charge is 0.236 e. The second-order valence-corrected chi connectivity index (χ2v) is 5.10. The average molecular weight is 278 g/mol. The molecule has 112 valence electrons. The third-order valence-electron chi connectivity index (χ3n) is 3.20. The van der Waals surface area contributed by atoms with E-state index in [1.807, 2.05) is 32.0 Å². The molecule has 20 heavy (non-hydrogen) atoms. The molecule has 0 saturated carbocycles. The molecule has 4 heteroatoms. The van der Waals surface area contributed by atoms with Crippen molar-refractivity contribution in [2.75, 3.05) is 13.7 Å². The number of amides is 1. The summed E-state index contributed by atoms with van der Waals surface area (Å²) in [6.07, 6.45) is 1.78. The van der Waals surface area contributed by atoms with Crippen molar-refractivity contribution < 1.29 is 9.53 Å². The fourth-order valence-corrected chi connectivity index (χ4v) is 2.16. The molecule has 2 N–H and O–H groups in total. The molecule has 0 bridgehead atoms. The summed E-state index contributed by atoms with van der Waals surface area (Å²) in [4.78, 5) is 11.8. The number of rotatable bonds is 8. The molecular weight excluding hydrogens is 252 g/mol. The molecule has 0 aliphatic rings. The van der Waals surface area contributed by atoms with Gasteiger partial charge in [0.1, 0.15) is 5.75 Å². The first-order valence-corrected chi connectivity index (χ1v) is 7.24. The van der Waals surface area contributed by atoms with Crippen LogP contribution in [0.3, 0.4) is 0 Å². The van der Waals surface area contributed by atoms with Crippen LogP contribution in [0.15, 0.2) is 24.3 Å². The van der Waals surface area contributed by atoms with E-state index in [0.717, 1.165) is 30.7 Å². The van der Waals surface area contributed by atoms with Gasteiger partial charge in [0.15, 0.2) is 0 Å². The molecule has 1 rings (SSSR count). The van der Waals surface area contributed by atoms with Crippen molar-refractivity contribution >= 4 is 5.91 Å². The fraction of sp³-hybridized carbons (Fsp3) is 0.562. The van der Waals surface area contributed by atoms with Crippen LogP contribution in [-0.4, -0.2) is 31.6 Å². The number of para-hydroxylation sites is 1. The van der Waals surface area contributed by atoms with Gasteiger partial charge < -0.3 is 15.4 Å². The van der Waals surface area contributed by atoms with Crippen LogP contribution < -0.4 is 15.4 Å². The Hall–Kier alpha value is -1.55. The maximum absolute atomic E-state index is 11.8. The standard InChI is InChI=1S/C16H26N2O2/c1-5-10-17-16(19)13(3)18-12(2)11-14-8-6-7-9-15(14)20-4/h6-9,12-13,18H,5,10-11H2,1-4H3,(H,17,19). The van der Waals surface area contributed by atoms with Gasteiger partial charge in [-0.15, -0.1) is 0 Å². The Bertz CT molecular complexity index is 421.